The first-order valence-corrected chi connectivity index (χ1v) is 4.66. The molecule has 1 aromatic carbocycles. The normalized spacial score (nSPS) is 12.4. The molecule has 0 saturated carbocycles. The summed E-state index contributed by atoms with van der Waals surface area (Å²) in [5, 5.41) is 12.3. The zero-order valence-corrected chi connectivity index (χ0v) is 8.58. The van der Waals surface area contributed by atoms with Crippen molar-refractivity contribution < 1.29 is 9.90 Å². The second-order valence-electron chi connectivity index (χ2n) is 2.99. The van der Waals surface area contributed by atoms with E-state index in [0.29, 0.717) is 5.02 Å². The van der Waals surface area contributed by atoms with E-state index in [0.717, 1.165) is 5.56 Å². The third kappa shape index (κ3) is 3.01. The van der Waals surface area contributed by atoms with Gasteiger partial charge in [0.2, 0.25) is 0 Å². The Hall–Kier alpha value is -1.06. The predicted molar refractivity (Wildman–Crippen MR) is 55.5 cm³/mol. The zero-order chi connectivity index (χ0) is 10.6. The van der Waals surface area contributed by atoms with Crippen molar-refractivity contribution in [3.8, 4) is 0 Å². The SMILES string of the molecule is CNC(CC(=O)O)c1ccc(Cl)cc1. The van der Waals surface area contributed by atoms with Crippen LogP contribution in [-0.2, 0) is 4.79 Å². The molecule has 14 heavy (non-hydrogen) atoms. The maximum absolute atomic E-state index is 10.5. The summed E-state index contributed by atoms with van der Waals surface area (Å²) in [5.74, 6) is -0.820. The van der Waals surface area contributed by atoms with Gasteiger partial charge < -0.3 is 10.4 Å². The molecule has 0 spiro atoms. The van der Waals surface area contributed by atoms with Gasteiger partial charge >= 0.3 is 5.97 Å². The molecule has 3 nitrogen and oxygen atoms in total. The fourth-order valence-corrected chi connectivity index (χ4v) is 1.38. The van der Waals surface area contributed by atoms with Crippen molar-refractivity contribution in [2.45, 2.75) is 12.5 Å². The number of benzene rings is 1. The molecule has 1 atom stereocenters. The highest BCUT2D eigenvalue weighted by molar-refractivity contribution is 6.30. The Balaban J connectivity index is 2.78. The van der Waals surface area contributed by atoms with E-state index in [-0.39, 0.29) is 12.5 Å². The van der Waals surface area contributed by atoms with Gasteiger partial charge in [0.05, 0.1) is 6.42 Å². The van der Waals surface area contributed by atoms with Crippen LogP contribution >= 0.6 is 11.6 Å². The monoisotopic (exact) mass is 213 g/mol. The molecule has 0 bridgehead atoms. The quantitative estimate of drug-likeness (QED) is 0.805. The lowest BCUT2D eigenvalue weighted by atomic mass is 10.0. The summed E-state index contributed by atoms with van der Waals surface area (Å²) >= 11 is 5.73. The van der Waals surface area contributed by atoms with Crippen molar-refractivity contribution in [3.63, 3.8) is 0 Å². The van der Waals surface area contributed by atoms with Crippen LogP contribution in [0.15, 0.2) is 24.3 Å². The summed E-state index contributed by atoms with van der Waals surface area (Å²) < 4.78 is 0. The van der Waals surface area contributed by atoms with Gasteiger partial charge in [-0.3, -0.25) is 4.79 Å². The molecular formula is C10H12ClNO2. The standard InChI is InChI=1S/C10H12ClNO2/c1-12-9(6-10(13)14)7-2-4-8(11)5-3-7/h2-5,9,12H,6H2,1H3,(H,13,14). The third-order valence-electron chi connectivity index (χ3n) is 2.00. The second kappa shape index (κ2) is 4.98. The van der Waals surface area contributed by atoms with Crippen LogP contribution < -0.4 is 5.32 Å². The maximum Gasteiger partial charge on any atom is 0.305 e. The summed E-state index contributed by atoms with van der Waals surface area (Å²) in [7, 11) is 1.74. The van der Waals surface area contributed by atoms with E-state index in [2.05, 4.69) is 5.32 Å². The lowest BCUT2D eigenvalue weighted by Gasteiger charge is -2.13. The Kier molecular flexibility index (Phi) is 3.92. The molecule has 4 heteroatoms. The number of hydrogen-bond acceptors (Lipinski definition) is 2. The number of rotatable bonds is 4. The Bertz CT molecular complexity index is 310. The number of aliphatic carboxylic acids is 1. The minimum absolute atomic E-state index is 0.0676. The number of nitrogens with one attached hydrogen (secondary N) is 1. The van der Waals surface area contributed by atoms with Gasteiger partial charge in [-0.05, 0) is 24.7 Å². The Morgan fingerprint density at radius 1 is 1.50 bits per heavy atom. The van der Waals surface area contributed by atoms with E-state index in [1.165, 1.54) is 0 Å². The van der Waals surface area contributed by atoms with Crippen LogP contribution in [0.4, 0.5) is 0 Å². The largest absolute Gasteiger partial charge is 0.481 e. The summed E-state index contributed by atoms with van der Waals surface area (Å²) in [6.07, 6.45) is 0.0676. The summed E-state index contributed by atoms with van der Waals surface area (Å²) in [6.45, 7) is 0. The highest BCUT2D eigenvalue weighted by Crippen LogP contribution is 2.18. The second-order valence-corrected chi connectivity index (χ2v) is 3.43. The van der Waals surface area contributed by atoms with Gasteiger partial charge in [-0.15, -0.1) is 0 Å². The summed E-state index contributed by atoms with van der Waals surface area (Å²) in [5.41, 5.74) is 0.930. The van der Waals surface area contributed by atoms with E-state index >= 15 is 0 Å². The summed E-state index contributed by atoms with van der Waals surface area (Å²) in [6, 6.07) is 7.00. The van der Waals surface area contributed by atoms with E-state index < -0.39 is 5.97 Å². The van der Waals surface area contributed by atoms with Gasteiger partial charge in [0.15, 0.2) is 0 Å². The van der Waals surface area contributed by atoms with Crippen LogP contribution in [-0.4, -0.2) is 18.1 Å². The van der Waals surface area contributed by atoms with Gasteiger partial charge in [-0.2, -0.15) is 0 Å². The molecule has 0 saturated heterocycles. The number of halogens is 1. The molecule has 0 fully saturated rings. The molecule has 0 amide bonds. The molecule has 0 heterocycles. The molecule has 0 aromatic heterocycles. The van der Waals surface area contributed by atoms with Crippen molar-refractivity contribution in [1.82, 2.24) is 5.32 Å². The first kappa shape index (κ1) is 11.0. The smallest absolute Gasteiger partial charge is 0.305 e. The van der Waals surface area contributed by atoms with Crippen molar-refractivity contribution in [1.29, 1.82) is 0 Å². The molecule has 0 aliphatic carbocycles. The molecule has 1 aromatic rings. The van der Waals surface area contributed by atoms with Crippen molar-refractivity contribution in [3.05, 3.63) is 34.9 Å². The van der Waals surface area contributed by atoms with Crippen LogP contribution in [0.5, 0.6) is 0 Å². The fourth-order valence-electron chi connectivity index (χ4n) is 1.26. The average molecular weight is 214 g/mol. The highest BCUT2D eigenvalue weighted by atomic mass is 35.5. The number of carbonyl (C=O) groups is 1. The van der Waals surface area contributed by atoms with Gasteiger partial charge in [0, 0.05) is 11.1 Å². The van der Waals surface area contributed by atoms with E-state index in [1.54, 1.807) is 19.2 Å². The lowest BCUT2D eigenvalue weighted by Crippen LogP contribution is -2.19. The van der Waals surface area contributed by atoms with Crippen LogP contribution in [0.1, 0.15) is 18.0 Å². The first-order chi connectivity index (χ1) is 6.63. The Morgan fingerprint density at radius 2 is 2.07 bits per heavy atom. The molecule has 1 unspecified atom stereocenters. The van der Waals surface area contributed by atoms with E-state index in [9.17, 15) is 4.79 Å². The predicted octanol–water partition coefficient (Wildman–Crippen LogP) is 2.08. The van der Waals surface area contributed by atoms with Crippen LogP contribution in [0, 0.1) is 0 Å². The molecule has 76 valence electrons. The van der Waals surface area contributed by atoms with Crippen molar-refractivity contribution in [2.75, 3.05) is 7.05 Å². The number of carboxylic acids is 1. The number of hydrogen-bond donors (Lipinski definition) is 2. The van der Waals surface area contributed by atoms with Crippen LogP contribution in [0.25, 0.3) is 0 Å². The topological polar surface area (TPSA) is 49.3 Å². The first-order valence-electron chi connectivity index (χ1n) is 4.28. The van der Waals surface area contributed by atoms with Gasteiger partial charge in [0.1, 0.15) is 0 Å². The molecular weight excluding hydrogens is 202 g/mol. The molecule has 0 aliphatic rings. The van der Waals surface area contributed by atoms with Gasteiger partial charge in [-0.1, -0.05) is 23.7 Å². The van der Waals surface area contributed by atoms with Crippen LogP contribution in [0.2, 0.25) is 5.02 Å². The van der Waals surface area contributed by atoms with Crippen molar-refractivity contribution >= 4 is 17.6 Å². The molecule has 1 rings (SSSR count). The Labute approximate surface area is 87.7 Å². The minimum atomic E-state index is -0.820. The van der Waals surface area contributed by atoms with E-state index in [1.807, 2.05) is 12.1 Å². The molecule has 2 N–H and O–H groups in total. The summed E-state index contributed by atoms with van der Waals surface area (Å²) in [4.78, 5) is 10.5. The maximum atomic E-state index is 10.5. The highest BCUT2D eigenvalue weighted by Gasteiger charge is 2.12. The Morgan fingerprint density at radius 3 is 2.50 bits per heavy atom. The van der Waals surface area contributed by atoms with Gasteiger partial charge in [0.25, 0.3) is 0 Å². The van der Waals surface area contributed by atoms with Crippen LogP contribution in [0.3, 0.4) is 0 Å². The molecule has 0 radical (unpaired) electrons. The minimum Gasteiger partial charge on any atom is -0.481 e. The fraction of sp³-hybridized carbons (Fsp3) is 0.300. The lowest BCUT2D eigenvalue weighted by molar-refractivity contribution is -0.137. The zero-order valence-electron chi connectivity index (χ0n) is 7.83. The van der Waals surface area contributed by atoms with Gasteiger partial charge in [-0.25, -0.2) is 0 Å². The molecule has 0 aliphatic heterocycles. The van der Waals surface area contributed by atoms with Crippen molar-refractivity contribution in [2.24, 2.45) is 0 Å². The average Bonchev–Trinajstić information content (AvgIpc) is 2.15. The van der Waals surface area contributed by atoms with E-state index in [4.69, 9.17) is 16.7 Å². The third-order valence-corrected chi connectivity index (χ3v) is 2.25. The number of carboxylic acid groups (broad SMARTS) is 1.